The Labute approximate surface area is 184 Å². The maximum Gasteiger partial charge on any atom is 0.410 e. The number of aryl methyl sites for hydroxylation is 1. The lowest BCUT2D eigenvalue weighted by Gasteiger charge is -2.38. The van der Waals surface area contributed by atoms with Gasteiger partial charge in [-0.05, 0) is 76.1 Å². The highest BCUT2D eigenvalue weighted by Gasteiger charge is 2.39. The van der Waals surface area contributed by atoms with Crippen molar-refractivity contribution in [2.75, 3.05) is 25.5 Å². The van der Waals surface area contributed by atoms with Gasteiger partial charge in [-0.3, -0.25) is 9.59 Å². The number of ether oxygens (including phenoxy) is 2. The number of nitrogens with zero attached hydrogens (tertiary/aromatic N) is 1. The van der Waals surface area contributed by atoms with Gasteiger partial charge in [0.2, 0.25) is 5.91 Å². The number of benzene rings is 1. The van der Waals surface area contributed by atoms with Crippen molar-refractivity contribution in [2.45, 2.75) is 65.4 Å². The second-order valence-corrected chi connectivity index (χ2v) is 9.93. The summed E-state index contributed by atoms with van der Waals surface area (Å²) in [6.07, 6.45) is 3.08. The summed E-state index contributed by atoms with van der Waals surface area (Å²) < 4.78 is 10.3. The van der Waals surface area contributed by atoms with Gasteiger partial charge in [0.1, 0.15) is 5.60 Å². The molecule has 2 aliphatic rings. The van der Waals surface area contributed by atoms with Crippen LogP contribution in [0.4, 0.5) is 10.5 Å². The number of esters is 1. The summed E-state index contributed by atoms with van der Waals surface area (Å²) in [5.41, 5.74) is 2.01. The van der Waals surface area contributed by atoms with Crippen molar-refractivity contribution in [3.8, 4) is 0 Å². The summed E-state index contributed by atoms with van der Waals surface area (Å²) >= 11 is 0. The fraction of sp³-hybridized carbons (Fsp3) is 0.625. The van der Waals surface area contributed by atoms with E-state index < -0.39 is 11.0 Å². The van der Waals surface area contributed by atoms with E-state index in [1.807, 2.05) is 45.9 Å². The van der Waals surface area contributed by atoms with E-state index in [1.165, 1.54) is 12.7 Å². The molecule has 0 radical (unpaired) electrons. The molecule has 0 saturated carbocycles. The van der Waals surface area contributed by atoms with Gasteiger partial charge < -0.3 is 19.7 Å². The molecular weight excluding hydrogens is 396 g/mol. The van der Waals surface area contributed by atoms with Crippen LogP contribution in [0, 0.1) is 11.3 Å². The Morgan fingerprint density at radius 2 is 1.81 bits per heavy atom. The minimum absolute atomic E-state index is 0.0282. The van der Waals surface area contributed by atoms with Gasteiger partial charge in [-0.2, -0.15) is 0 Å². The first-order valence-corrected chi connectivity index (χ1v) is 11.0. The highest BCUT2D eigenvalue weighted by atomic mass is 16.6. The number of anilines is 1. The lowest BCUT2D eigenvalue weighted by molar-refractivity contribution is -0.145. The molecule has 7 nitrogen and oxygen atoms in total. The first kappa shape index (κ1) is 23.1. The molecular formula is C24H34N2O5. The van der Waals surface area contributed by atoms with Crippen molar-refractivity contribution in [1.29, 1.82) is 0 Å². The standard InChI is InChI=1S/C24H34N2O5/c1-23(2,3)31-22(29)26-12-10-24(4,11-13-26)21(28)25-19-9-8-16-14-18(20(27)30-5)7-6-17(16)15-19/h8-9,15,18H,6-7,10-14H2,1-5H3,(H,25,28). The number of piperidine rings is 1. The van der Waals surface area contributed by atoms with Crippen LogP contribution >= 0.6 is 0 Å². The van der Waals surface area contributed by atoms with Gasteiger partial charge in [0, 0.05) is 18.8 Å². The van der Waals surface area contributed by atoms with Crippen LogP contribution in [0.1, 0.15) is 58.1 Å². The van der Waals surface area contributed by atoms with Crippen LogP contribution < -0.4 is 5.32 Å². The topological polar surface area (TPSA) is 84.9 Å². The number of nitrogens with one attached hydrogen (secondary N) is 1. The number of hydrogen-bond acceptors (Lipinski definition) is 5. The first-order chi connectivity index (χ1) is 14.5. The highest BCUT2D eigenvalue weighted by Crippen LogP contribution is 2.34. The molecule has 1 saturated heterocycles. The second kappa shape index (κ2) is 8.89. The van der Waals surface area contributed by atoms with E-state index in [-0.39, 0.29) is 23.9 Å². The van der Waals surface area contributed by atoms with E-state index in [0.717, 1.165) is 24.1 Å². The average Bonchev–Trinajstić information content (AvgIpc) is 2.72. The summed E-state index contributed by atoms with van der Waals surface area (Å²) in [7, 11) is 1.43. The molecule has 1 N–H and O–H groups in total. The fourth-order valence-corrected chi connectivity index (χ4v) is 4.22. The summed E-state index contributed by atoms with van der Waals surface area (Å²) in [4.78, 5) is 38.8. The molecule has 2 amide bonds. The lowest BCUT2D eigenvalue weighted by Crippen LogP contribution is -2.48. The number of amides is 2. The number of hydrogen-bond donors (Lipinski definition) is 1. The predicted molar refractivity (Wildman–Crippen MR) is 118 cm³/mol. The van der Waals surface area contributed by atoms with Crippen LogP contribution in [0.3, 0.4) is 0 Å². The van der Waals surface area contributed by atoms with E-state index in [1.54, 1.807) is 4.90 Å². The van der Waals surface area contributed by atoms with Crippen LogP contribution in [-0.4, -0.2) is 48.7 Å². The van der Waals surface area contributed by atoms with Crippen molar-refractivity contribution in [2.24, 2.45) is 11.3 Å². The van der Waals surface area contributed by atoms with Gasteiger partial charge in [-0.25, -0.2) is 4.79 Å². The minimum atomic E-state index is -0.537. The van der Waals surface area contributed by atoms with Gasteiger partial charge in [-0.15, -0.1) is 0 Å². The van der Waals surface area contributed by atoms with E-state index in [2.05, 4.69) is 5.32 Å². The Morgan fingerprint density at radius 3 is 2.42 bits per heavy atom. The van der Waals surface area contributed by atoms with Crippen molar-refractivity contribution in [3.63, 3.8) is 0 Å². The number of methoxy groups -OCH3 is 1. The third kappa shape index (κ3) is 5.57. The number of carbonyl (C=O) groups excluding carboxylic acids is 3. The second-order valence-electron chi connectivity index (χ2n) is 9.93. The molecule has 1 unspecified atom stereocenters. The molecule has 1 atom stereocenters. The maximum atomic E-state index is 13.0. The SMILES string of the molecule is COC(=O)C1CCc2cc(NC(=O)C3(C)CCN(C(=O)OC(C)(C)C)CC3)ccc2C1. The van der Waals surface area contributed by atoms with Crippen LogP contribution in [0.2, 0.25) is 0 Å². The Morgan fingerprint density at radius 1 is 1.13 bits per heavy atom. The quantitative estimate of drug-likeness (QED) is 0.734. The number of fused-ring (bicyclic) bond motifs is 1. The zero-order valence-electron chi connectivity index (χ0n) is 19.2. The molecule has 3 rings (SSSR count). The molecule has 0 spiro atoms. The van der Waals surface area contributed by atoms with E-state index in [0.29, 0.717) is 32.4 Å². The van der Waals surface area contributed by atoms with Gasteiger partial charge in [0.25, 0.3) is 0 Å². The molecule has 1 aromatic carbocycles. The van der Waals surface area contributed by atoms with Gasteiger partial charge >= 0.3 is 12.1 Å². The molecule has 170 valence electrons. The molecule has 31 heavy (non-hydrogen) atoms. The highest BCUT2D eigenvalue weighted by molar-refractivity contribution is 5.95. The summed E-state index contributed by atoms with van der Waals surface area (Å²) in [6, 6.07) is 5.91. The third-order valence-electron chi connectivity index (χ3n) is 6.29. The largest absolute Gasteiger partial charge is 0.469 e. The zero-order chi connectivity index (χ0) is 22.8. The minimum Gasteiger partial charge on any atom is -0.469 e. The predicted octanol–water partition coefficient (Wildman–Crippen LogP) is 3.94. The van der Waals surface area contributed by atoms with Gasteiger partial charge in [-0.1, -0.05) is 13.0 Å². The smallest absolute Gasteiger partial charge is 0.410 e. The van der Waals surface area contributed by atoms with Crippen LogP contribution in [0.5, 0.6) is 0 Å². The van der Waals surface area contributed by atoms with Crippen molar-refractivity contribution in [1.82, 2.24) is 4.90 Å². The Bertz CT molecular complexity index is 850. The van der Waals surface area contributed by atoms with Crippen LogP contribution in [0.25, 0.3) is 0 Å². The summed E-state index contributed by atoms with van der Waals surface area (Å²) in [5.74, 6) is -0.278. The van der Waals surface area contributed by atoms with Gasteiger partial charge in [0.05, 0.1) is 18.4 Å². The zero-order valence-corrected chi connectivity index (χ0v) is 19.2. The number of likely N-dealkylation sites (tertiary alicyclic amines) is 1. The fourth-order valence-electron chi connectivity index (χ4n) is 4.22. The molecule has 1 fully saturated rings. The van der Waals surface area contributed by atoms with Crippen molar-refractivity contribution in [3.05, 3.63) is 29.3 Å². The maximum absolute atomic E-state index is 13.0. The molecule has 1 aliphatic carbocycles. The molecule has 1 heterocycles. The molecule has 1 aliphatic heterocycles. The van der Waals surface area contributed by atoms with Crippen molar-refractivity contribution >= 4 is 23.7 Å². The average molecular weight is 431 g/mol. The van der Waals surface area contributed by atoms with E-state index in [4.69, 9.17) is 9.47 Å². The molecule has 7 heteroatoms. The molecule has 0 aromatic heterocycles. The monoisotopic (exact) mass is 430 g/mol. The summed E-state index contributed by atoms with van der Waals surface area (Å²) in [6.45, 7) is 8.49. The molecule has 0 bridgehead atoms. The van der Waals surface area contributed by atoms with Crippen molar-refractivity contribution < 1.29 is 23.9 Å². The number of rotatable bonds is 3. The lowest BCUT2D eigenvalue weighted by atomic mass is 9.79. The first-order valence-electron chi connectivity index (χ1n) is 11.0. The Hall–Kier alpha value is -2.57. The molecule has 1 aromatic rings. The third-order valence-corrected chi connectivity index (χ3v) is 6.29. The Kier molecular flexibility index (Phi) is 6.62. The van der Waals surface area contributed by atoms with Crippen LogP contribution in [-0.2, 0) is 31.9 Å². The van der Waals surface area contributed by atoms with Gasteiger partial charge in [0.15, 0.2) is 0 Å². The van der Waals surface area contributed by atoms with Crippen LogP contribution in [0.15, 0.2) is 18.2 Å². The van der Waals surface area contributed by atoms with E-state index >= 15 is 0 Å². The normalized spacial score (nSPS) is 20.4. The summed E-state index contributed by atoms with van der Waals surface area (Å²) in [5, 5.41) is 3.06. The Balaban J connectivity index is 1.58. The van der Waals surface area contributed by atoms with E-state index in [9.17, 15) is 14.4 Å². The number of carbonyl (C=O) groups is 3.